The second-order valence-electron chi connectivity index (χ2n) is 6.64. The molecule has 138 valence electrons. The fourth-order valence-corrected chi connectivity index (χ4v) is 3.06. The van der Waals surface area contributed by atoms with Gasteiger partial charge in [-0.15, -0.1) is 0 Å². The van der Waals surface area contributed by atoms with E-state index in [1.807, 2.05) is 6.07 Å². The molecule has 1 aliphatic heterocycles. The molecule has 0 aliphatic carbocycles. The number of ether oxygens (including phenoxy) is 1. The third kappa shape index (κ3) is 5.28. The first-order chi connectivity index (χ1) is 12.6. The quantitative estimate of drug-likeness (QED) is 0.834. The van der Waals surface area contributed by atoms with Crippen molar-refractivity contribution in [3.05, 3.63) is 53.3 Å². The lowest BCUT2D eigenvalue weighted by Gasteiger charge is -2.26. The van der Waals surface area contributed by atoms with E-state index in [0.29, 0.717) is 12.2 Å². The van der Waals surface area contributed by atoms with E-state index in [0.717, 1.165) is 44.2 Å². The van der Waals surface area contributed by atoms with Crippen LogP contribution >= 0.6 is 0 Å². The van der Waals surface area contributed by atoms with Gasteiger partial charge in [0, 0.05) is 31.9 Å². The molecule has 1 fully saturated rings. The second kappa shape index (κ2) is 8.78. The van der Waals surface area contributed by atoms with E-state index >= 15 is 0 Å². The molecule has 0 saturated carbocycles. The Bertz CT molecular complexity index is 720. The number of anilines is 2. The fraction of sp³-hybridized carbons (Fsp3) is 0.400. The predicted octanol–water partition coefficient (Wildman–Crippen LogP) is 2.50. The van der Waals surface area contributed by atoms with Crippen molar-refractivity contribution in [1.82, 2.24) is 15.2 Å². The number of aromatic nitrogens is 1. The molecule has 1 aromatic heterocycles. The average molecular weight is 354 g/mol. The van der Waals surface area contributed by atoms with Crippen LogP contribution in [0.15, 0.2) is 36.5 Å². The largest absolute Gasteiger partial charge is 0.379 e. The van der Waals surface area contributed by atoms with Crippen LogP contribution in [0.2, 0.25) is 0 Å². The molecule has 3 rings (SSSR count). The zero-order valence-corrected chi connectivity index (χ0v) is 15.4. The average Bonchev–Trinajstić information content (AvgIpc) is 2.62. The Morgan fingerprint density at radius 3 is 2.50 bits per heavy atom. The fourth-order valence-electron chi connectivity index (χ4n) is 3.06. The number of carbonyl (C=O) groups is 1. The molecule has 0 radical (unpaired) electrons. The van der Waals surface area contributed by atoms with Crippen molar-refractivity contribution >= 4 is 17.3 Å². The van der Waals surface area contributed by atoms with E-state index in [4.69, 9.17) is 4.74 Å². The molecule has 1 amide bonds. The first kappa shape index (κ1) is 18.4. The topological polar surface area (TPSA) is 66.5 Å². The third-order valence-corrected chi connectivity index (χ3v) is 4.32. The number of amides is 1. The van der Waals surface area contributed by atoms with Crippen LogP contribution in [0.3, 0.4) is 0 Å². The molecule has 0 bridgehead atoms. The van der Waals surface area contributed by atoms with Crippen molar-refractivity contribution in [2.45, 2.75) is 13.8 Å². The number of aryl methyl sites for hydroxylation is 2. The van der Waals surface area contributed by atoms with Gasteiger partial charge in [0.2, 0.25) is 0 Å². The Kier molecular flexibility index (Phi) is 6.20. The number of morpholine rings is 1. The Balaban J connectivity index is 1.50. The highest BCUT2D eigenvalue weighted by Crippen LogP contribution is 2.19. The van der Waals surface area contributed by atoms with Gasteiger partial charge in [0.1, 0.15) is 5.69 Å². The summed E-state index contributed by atoms with van der Waals surface area (Å²) in [6.45, 7) is 8.97. The van der Waals surface area contributed by atoms with Gasteiger partial charge < -0.3 is 15.4 Å². The van der Waals surface area contributed by atoms with E-state index in [9.17, 15) is 4.79 Å². The maximum Gasteiger partial charge on any atom is 0.269 e. The molecule has 0 unspecified atom stereocenters. The minimum absolute atomic E-state index is 0.142. The molecule has 6 nitrogen and oxygen atoms in total. The first-order valence-electron chi connectivity index (χ1n) is 9.00. The van der Waals surface area contributed by atoms with Gasteiger partial charge >= 0.3 is 0 Å². The van der Waals surface area contributed by atoms with Gasteiger partial charge in [-0.1, -0.05) is 6.07 Å². The second-order valence-corrected chi connectivity index (χ2v) is 6.64. The monoisotopic (exact) mass is 354 g/mol. The summed E-state index contributed by atoms with van der Waals surface area (Å²) in [5, 5.41) is 6.25. The molecule has 1 aromatic carbocycles. The highest BCUT2D eigenvalue weighted by Gasteiger charge is 2.11. The molecule has 26 heavy (non-hydrogen) atoms. The smallest absolute Gasteiger partial charge is 0.269 e. The van der Waals surface area contributed by atoms with Gasteiger partial charge in [0.15, 0.2) is 0 Å². The molecule has 0 spiro atoms. The summed E-state index contributed by atoms with van der Waals surface area (Å²) in [7, 11) is 0. The van der Waals surface area contributed by atoms with E-state index in [2.05, 4.69) is 52.6 Å². The predicted molar refractivity (Wildman–Crippen MR) is 103 cm³/mol. The molecule has 0 atom stereocenters. The molecule has 2 aromatic rings. The van der Waals surface area contributed by atoms with E-state index in [1.165, 1.54) is 11.1 Å². The van der Waals surface area contributed by atoms with Gasteiger partial charge in [0.25, 0.3) is 5.91 Å². The number of hydrogen-bond acceptors (Lipinski definition) is 5. The van der Waals surface area contributed by atoms with Gasteiger partial charge in [0.05, 0.1) is 25.1 Å². The number of pyridine rings is 1. The molecule has 2 N–H and O–H groups in total. The molecule has 1 aliphatic rings. The molecular formula is C20H26N4O2. The lowest BCUT2D eigenvalue weighted by molar-refractivity contribution is 0.0383. The maximum atomic E-state index is 12.2. The zero-order valence-electron chi connectivity index (χ0n) is 15.4. The number of benzene rings is 1. The first-order valence-corrected chi connectivity index (χ1v) is 9.00. The standard InChI is InChI=1S/C20H26N4O2/c1-15-11-16(2)13-18(12-15)23-17-3-4-19(22-14-17)20(25)21-5-6-24-7-9-26-10-8-24/h3-4,11-14,23H,5-10H2,1-2H3,(H,21,25). The van der Waals surface area contributed by atoms with Crippen molar-refractivity contribution < 1.29 is 9.53 Å². The Labute approximate surface area is 154 Å². The molecule has 6 heteroatoms. The van der Waals surface area contributed by atoms with Gasteiger partial charge in [-0.3, -0.25) is 9.69 Å². The summed E-state index contributed by atoms with van der Waals surface area (Å²) < 4.78 is 5.32. The number of nitrogens with one attached hydrogen (secondary N) is 2. The number of carbonyl (C=O) groups excluding carboxylic acids is 1. The molecule has 1 saturated heterocycles. The van der Waals surface area contributed by atoms with Crippen molar-refractivity contribution in [1.29, 1.82) is 0 Å². The number of rotatable bonds is 6. The highest BCUT2D eigenvalue weighted by molar-refractivity contribution is 5.92. The molecular weight excluding hydrogens is 328 g/mol. The van der Waals surface area contributed by atoms with Gasteiger partial charge in [-0.25, -0.2) is 4.98 Å². The third-order valence-electron chi connectivity index (χ3n) is 4.32. The number of nitrogens with zero attached hydrogens (tertiary/aromatic N) is 2. The van der Waals surface area contributed by atoms with Crippen molar-refractivity contribution in [3.8, 4) is 0 Å². The van der Waals surface area contributed by atoms with E-state index < -0.39 is 0 Å². The van der Waals surface area contributed by atoms with Crippen molar-refractivity contribution in [2.24, 2.45) is 0 Å². The zero-order chi connectivity index (χ0) is 18.4. The van der Waals surface area contributed by atoms with Crippen LogP contribution in [0.25, 0.3) is 0 Å². The maximum absolute atomic E-state index is 12.2. The summed E-state index contributed by atoms with van der Waals surface area (Å²) >= 11 is 0. The van der Waals surface area contributed by atoms with Crippen LogP contribution in [0.4, 0.5) is 11.4 Å². The van der Waals surface area contributed by atoms with Crippen LogP contribution in [0.1, 0.15) is 21.6 Å². The normalized spacial score (nSPS) is 14.8. The Morgan fingerprint density at radius 1 is 1.12 bits per heavy atom. The van der Waals surface area contributed by atoms with E-state index in [1.54, 1.807) is 12.3 Å². The van der Waals surface area contributed by atoms with Crippen LogP contribution < -0.4 is 10.6 Å². The Hall–Kier alpha value is -2.44. The van der Waals surface area contributed by atoms with Crippen molar-refractivity contribution in [2.75, 3.05) is 44.7 Å². The van der Waals surface area contributed by atoms with E-state index in [-0.39, 0.29) is 5.91 Å². The lowest BCUT2D eigenvalue weighted by atomic mass is 10.1. The molecule has 2 heterocycles. The van der Waals surface area contributed by atoms with Crippen LogP contribution in [0.5, 0.6) is 0 Å². The van der Waals surface area contributed by atoms with Gasteiger partial charge in [-0.05, 0) is 49.2 Å². The summed E-state index contributed by atoms with van der Waals surface area (Å²) in [4.78, 5) is 18.8. The summed E-state index contributed by atoms with van der Waals surface area (Å²) in [6.07, 6.45) is 1.69. The van der Waals surface area contributed by atoms with Crippen LogP contribution in [-0.2, 0) is 4.74 Å². The Morgan fingerprint density at radius 2 is 1.85 bits per heavy atom. The number of hydrogen-bond donors (Lipinski definition) is 2. The van der Waals surface area contributed by atoms with Crippen LogP contribution in [-0.4, -0.2) is 55.2 Å². The summed E-state index contributed by atoms with van der Waals surface area (Å²) in [5.41, 5.74) is 4.72. The minimum atomic E-state index is -0.142. The SMILES string of the molecule is Cc1cc(C)cc(Nc2ccc(C(=O)NCCN3CCOCC3)nc2)c1. The van der Waals surface area contributed by atoms with Gasteiger partial charge in [-0.2, -0.15) is 0 Å². The summed E-state index contributed by atoms with van der Waals surface area (Å²) in [5.74, 6) is -0.142. The van der Waals surface area contributed by atoms with Crippen molar-refractivity contribution in [3.63, 3.8) is 0 Å². The minimum Gasteiger partial charge on any atom is -0.379 e. The van der Waals surface area contributed by atoms with Crippen LogP contribution in [0, 0.1) is 13.8 Å². The summed E-state index contributed by atoms with van der Waals surface area (Å²) in [6, 6.07) is 9.92. The lowest BCUT2D eigenvalue weighted by Crippen LogP contribution is -2.41. The highest BCUT2D eigenvalue weighted by atomic mass is 16.5.